The third-order valence-corrected chi connectivity index (χ3v) is 6.81. The molecule has 3 aromatic carbocycles. The summed E-state index contributed by atoms with van der Waals surface area (Å²) < 4.78 is 10.8. The van der Waals surface area contributed by atoms with Gasteiger partial charge in [-0.15, -0.1) is 0 Å². The zero-order valence-electron chi connectivity index (χ0n) is 19.4. The second-order valence-electron chi connectivity index (χ2n) is 9.27. The zero-order chi connectivity index (χ0) is 23.3. The normalized spacial score (nSPS) is 19.4. The van der Waals surface area contributed by atoms with E-state index in [9.17, 15) is 9.90 Å². The highest BCUT2D eigenvalue weighted by Gasteiger charge is 2.23. The number of carbonyl (C=O) groups excluding carboxylic acids is 1. The van der Waals surface area contributed by atoms with Crippen LogP contribution in [0.1, 0.15) is 36.3 Å². The number of aliphatic hydroxyl groups is 1. The number of cyclic esters (lactones) is 1. The number of likely N-dealkylation sites (tertiary alicyclic amines) is 1. The van der Waals surface area contributed by atoms with Crippen molar-refractivity contribution >= 4 is 22.8 Å². The van der Waals surface area contributed by atoms with Crippen LogP contribution < -0.4 is 4.74 Å². The maximum absolute atomic E-state index is 11.7. The van der Waals surface area contributed by atoms with Crippen LogP contribution in [0.25, 0.3) is 16.8 Å². The van der Waals surface area contributed by atoms with Crippen LogP contribution in [-0.4, -0.2) is 54.9 Å². The van der Waals surface area contributed by atoms with Gasteiger partial charge >= 0.3 is 5.97 Å². The van der Waals surface area contributed by atoms with Crippen molar-refractivity contribution in [2.45, 2.75) is 31.3 Å². The number of fused-ring (bicyclic) bond motifs is 1. The van der Waals surface area contributed by atoms with Crippen molar-refractivity contribution in [3.05, 3.63) is 83.4 Å². The van der Waals surface area contributed by atoms with Crippen LogP contribution in [0, 0.1) is 0 Å². The number of piperidine rings is 1. The van der Waals surface area contributed by atoms with Crippen LogP contribution in [-0.2, 0) is 9.53 Å². The van der Waals surface area contributed by atoms with Crippen molar-refractivity contribution in [1.29, 1.82) is 0 Å². The van der Waals surface area contributed by atoms with E-state index in [2.05, 4.69) is 47.4 Å². The molecule has 0 unspecified atom stereocenters. The number of nitrogens with zero attached hydrogens (tertiary/aromatic N) is 1. The lowest BCUT2D eigenvalue weighted by molar-refractivity contribution is -0.134. The number of aliphatic hydroxyl groups excluding tert-OH is 1. The summed E-state index contributed by atoms with van der Waals surface area (Å²) in [5.41, 5.74) is 3.00. The Morgan fingerprint density at radius 1 is 1.03 bits per heavy atom. The van der Waals surface area contributed by atoms with Gasteiger partial charge in [-0.3, -0.25) is 0 Å². The smallest absolute Gasteiger partial charge is 0.334 e. The Labute approximate surface area is 200 Å². The van der Waals surface area contributed by atoms with E-state index >= 15 is 0 Å². The molecule has 2 heterocycles. The monoisotopic (exact) mass is 457 g/mol. The Hall–Kier alpha value is -3.15. The topological polar surface area (TPSA) is 59.0 Å². The highest BCUT2D eigenvalue weighted by Crippen LogP contribution is 2.30. The fourth-order valence-corrected chi connectivity index (χ4v) is 4.93. The van der Waals surface area contributed by atoms with Crippen molar-refractivity contribution in [3.63, 3.8) is 0 Å². The summed E-state index contributed by atoms with van der Waals surface area (Å²) in [6, 6.07) is 22.9. The number of carbonyl (C=O) groups is 1. The predicted molar refractivity (Wildman–Crippen MR) is 134 cm³/mol. The van der Waals surface area contributed by atoms with Crippen molar-refractivity contribution in [3.8, 4) is 5.75 Å². The molecule has 5 heteroatoms. The van der Waals surface area contributed by atoms with E-state index in [-0.39, 0.29) is 12.6 Å². The molecule has 5 nitrogen and oxygen atoms in total. The molecule has 0 aliphatic carbocycles. The van der Waals surface area contributed by atoms with Gasteiger partial charge in [0.25, 0.3) is 0 Å². The molecule has 1 N–H and O–H groups in total. The molecule has 2 fully saturated rings. The maximum Gasteiger partial charge on any atom is 0.334 e. The minimum atomic E-state index is -0.552. The Morgan fingerprint density at radius 2 is 1.85 bits per heavy atom. The minimum absolute atomic E-state index is 0.243. The van der Waals surface area contributed by atoms with Gasteiger partial charge in [-0.1, -0.05) is 54.6 Å². The van der Waals surface area contributed by atoms with E-state index in [4.69, 9.17) is 9.47 Å². The molecule has 34 heavy (non-hydrogen) atoms. The van der Waals surface area contributed by atoms with Crippen molar-refractivity contribution < 1.29 is 19.4 Å². The van der Waals surface area contributed by atoms with Gasteiger partial charge in [0.05, 0.1) is 6.61 Å². The molecule has 2 aliphatic heterocycles. The van der Waals surface area contributed by atoms with Gasteiger partial charge in [0, 0.05) is 18.5 Å². The van der Waals surface area contributed by atoms with Crippen LogP contribution in [0.5, 0.6) is 5.75 Å². The minimum Gasteiger partial charge on any atom is -0.491 e. The molecule has 3 aromatic rings. The van der Waals surface area contributed by atoms with Crippen LogP contribution in [0.15, 0.2) is 72.3 Å². The Balaban J connectivity index is 1.10. The number of benzene rings is 3. The standard InChI is InChI=1S/C29H31NO4/c31-27(20-34-28-7-3-4-21(17-28)16-26-12-15-33-29(26)32)19-30-13-10-23(11-14-30)25-9-8-22-5-1-2-6-24(22)18-25/h1-9,16-18,23,27,31H,10-15,19-20H2/t27-/m0/s1. The number of hydrogen-bond acceptors (Lipinski definition) is 5. The first-order valence-corrected chi connectivity index (χ1v) is 12.1. The molecule has 5 rings (SSSR count). The third kappa shape index (κ3) is 5.49. The summed E-state index contributed by atoms with van der Waals surface area (Å²) in [6.07, 6.45) is 4.14. The van der Waals surface area contributed by atoms with E-state index in [1.165, 1.54) is 16.3 Å². The predicted octanol–water partition coefficient (Wildman–Crippen LogP) is 4.79. The molecular formula is C29H31NO4. The fourth-order valence-electron chi connectivity index (χ4n) is 4.93. The maximum atomic E-state index is 11.7. The molecule has 0 spiro atoms. The van der Waals surface area contributed by atoms with Gasteiger partial charge in [-0.2, -0.15) is 0 Å². The summed E-state index contributed by atoms with van der Waals surface area (Å²) in [7, 11) is 0. The molecule has 0 bridgehead atoms. The average molecular weight is 458 g/mol. The van der Waals surface area contributed by atoms with Gasteiger partial charge < -0.3 is 19.5 Å². The molecule has 2 saturated heterocycles. The fraction of sp³-hybridized carbons (Fsp3) is 0.345. The summed E-state index contributed by atoms with van der Waals surface area (Å²) in [5.74, 6) is 1.02. The van der Waals surface area contributed by atoms with Gasteiger partial charge in [0.2, 0.25) is 0 Å². The summed E-state index contributed by atoms with van der Waals surface area (Å²) in [5, 5.41) is 13.1. The first-order chi connectivity index (χ1) is 16.6. The molecule has 0 amide bonds. The molecular weight excluding hydrogens is 426 g/mol. The van der Waals surface area contributed by atoms with Gasteiger partial charge in [-0.05, 0) is 72.0 Å². The molecule has 0 aromatic heterocycles. The summed E-state index contributed by atoms with van der Waals surface area (Å²) in [6.45, 7) is 3.26. The van der Waals surface area contributed by atoms with Crippen molar-refractivity contribution in [2.24, 2.45) is 0 Å². The second-order valence-corrected chi connectivity index (χ2v) is 9.27. The van der Waals surface area contributed by atoms with Crippen LogP contribution in [0.3, 0.4) is 0 Å². The molecule has 2 aliphatic rings. The quantitative estimate of drug-likeness (QED) is 0.408. The van der Waals surface area contributed by atoms with Crippen LogP contribution in [0.2, 0.25) is 0 Å². The SMILES string of the molecule is O=C1OCCC1=Cc1cccc(OC[C@@H](O)CN2CCC(c3ccc4ccccc4c3)CC2)c1. The second kappa shape index (κ2) is 10.4. The van der Waals surface area contributed by atoms with E-state index < -0.39 is 6.10 Å². The number of esters is 1. The highest BCUT2D eigenvalue weighted by molar-refractivity contribution is 5.95. The first-order valence-electron chi connectivity index (χ1n) is 12.1. The van der Waals surface area contributed by atoms with Crippen molar-refractivity contribution in [1.82, 2.24) is 4.90 Å². The van der Waals surface area contributed by atoms with Crippen LogP contribution in [0.4, 0.5) is 0 Å². The molecule has 1 atom stereocenters. The Kier molecular flexibility index (Phi) is 6.93. The molecule has 0 radical (unpaired) electrons. The first kappa shape index (κ1) is 22.6. The average Bonchev–Trinajstić information content (AvgIpc) is 3.27. The Bertz CT molecular complexity index is 1180. The summed E-state index contributed by atoms with van der Waals surface area (Å²) in [4.78, 5) is 14.0. The lowest BCUT2D eigenvalue weighted by Gasteiger charge is -2.33. The number of ether oxygens (including phenoxy) is 2. The van der Waals surface area contributed by atoms with Crippen LogP contribution >= 0.6 is 0 Å². The summed E-state index contributed by atoms with van der Waals surface area (Å²) >= 11 is 0. The van der Waals surface area contributed by atoms with Gasteiger partial charge in [0.1, 0.15) is 18.5 Å². The third-order valence-electron chi connectivity index (χ3n) is 6.81. The lowest BCUT2D eigenvalue weighted by atomic mass is 9.88. The number of β-amino-alcohol motifs (C(OH)–C–C–N with tert-alkyl or cyclic N) is 1. The van der Waals surface area contributed by atoms with E-state index in [0.29, 0.717) is 36.8 Å². The van der Waals surface area contributed by atoms with Crippen molar-refractivity contribution in [2.75, 3.05) is 32.8 Å². The van der Waals surface area contributed by atoms with Gasteiger partial charge in [-0.25, -0.2) is 4.79 Å². The Morgan fingerprint density at radius 3 is 2.65 bits per heavy atom. The molecule has 0 saturated carbocycles. The number of rotatable bonds is 7. The largest absolute Gasteiger partial charge is 0.491 e. The van der Waals surface area contributed by atoms with Gasteiger partial charge in [0.15, 0.2) is 0 Å². The lowest BCUT2D eigenvalue weighted by Crippen LogP contribution is -2.40. The van der Waals surface area contributed by atoms with E-state index in [1.807, 2.05) is 30.3 Å². The highest BCUT2D eigenvalue weighted by atomic mass is 16.5. The molecule has 176 valence electrons. The number of hydrogen-bond donors (Lipinski definition) is 1. The van der Waals surface area contributed by atoms with E-state index in [1.54, 1.807) is 0 Å². The zero-order valence-corrected chi connectivity index (χ0v) is 19.4. The van der Waals surface area contributed by atoms with E-state index in [0.717, 1.165) is 31.5 Å².